The summed E-state index contributed by atoms with van der Waals surface area (Å²) in [6.07, 6.45) is 2.24. The summed E-state index contributed by atoms with van der Waals surface area (Å²) >= 11 is 14.7. The number of aliphatic hydroxyl groups is 1. The predicted molar refractivity (Wildman–Crippen MR) is 375 cm³/mol. The van der Waals surface area contributed by atoms with Crippen molar-refractivity contribution in [3.05, 3.63) is 247 Å². The van der Waals surface area contributed by atoms with Crippen LogP contribution in [-0.4, -0.2) is 103 Å². The molecule has 507 valence electrons. The summed E-state index contributed by atoms with van der Waals surface area (Å²) in [5.74, 6) is -0.350. The first-order valence-electron chi connectivity index (χ1n) is 27.1. The first-order valence-corrected chi connectivity index (χ1v) is 30.9. The van der Waals surface area contributed by atoms with Gasteiger partial charge in [-0.15, -0.1) is 25.0 Å². The Morgan fingerprint density at radius 3 is 1.21 bits per heavy atom. The van der Waals surface area contributed by atoms with Crippen LogP contribution in [0.3, 0.4) is 0 Å². The molecule has 0 bridgehead atoms. The van der Waals surface area contributed by atoms with Gasteiger partial charge in [-0.25, -0.2) is 4.39 Å². The van der Waals surface area contributed by atoms with E-state index in [-0.39, 0.29) is 191 Å². The second kappa shape index (κ2) is 51.7. The van der Waals surface area contributed by atoms with E-state index in [2.05, 4.69) is 49.4 Å². The third kappa shape index (κ3) is 33.5. The summed E-state index contributed by atoms with van der Waals surface area (Å²) < 4.78 is 46.3. The first-order chi connectivity index (χ1) is 45.1. The molecule has 2 aliphatic heterocycles. The van der Waals surface area contributed by atoms with Gasteiger partial charge < -0.3 is 37.1 Å². The SMILES string of the molecule is CC1(C)OB(c2cc(Sc3ccc([N+](=O)[O-])cc3)ccc2C=O)OC1(C)C.CO.Cl.O=CO[O-].O=Cc1ccc(F)cc1Br.O=Cc1ccc(Sc2ccc([N+](=O)[O-])cc2)cc1Br.O=[N+]([O-])c1ccc(S)cc1.O=[N+]([O-])c1ccc(Sc2ccc3c(c2)B(O)OC3)cc1.[2H]CF.[B].[H-].[H-].[K+].[K+].[Na+]. The number of nitrogens with zero attached hydrogens (tertiary/aromatic N) is 4. The Labute approximate surface area is 723 Å². The third-order valence-electron chi connectivity index (χ3n) is 12.6. The van der Waals surface area contributed by atoms with Crippen molar-refractivity contribution >= 4 is 174 Å². The topological polar surface area (TPSA) is 341 Å². The molecule has 0 aromatic heterocycles. The van der Waals surface area contributed by atoms with Crippen LogP contribution in [0.2, 0.25) is 0 Å². The maximum atomic E-state index is 12.3. The van der Waals surface area contributed by atoms with Crippen molar-refractivity contribution in [1.29, 1.82) is 0 Å². The van der Waals surface area contributed by atoms with Gasteiger partial charge in [0.15, 0.2) is 12.6 Å². The van der Waals surface area contributed by atoms with E-state index in [1.165, 1.54) is 102 Å². The van der Waals surface area contributed by atoms with Gasteiger partial charge in [-0.05, 0) is 169 Å². The molecule has 2 aliphatic rings. The fourth-order valence-corrected chi connectivity index (χ4v) is 11.1. The summed E-state index contributed by atoms with van der Waals surface area (Å²) in [4.78, 5) is 90.1. The molecule has 2 heterocycles. The van der Waals surface area contributed by atoms with Crippen molar-refractivity contribution < 1.29 is 218 Å². The van der Waals surface area contributed by atoms with Crippen molar-refractivity contribution in [3.63, 3.8) is 0 Å². The number of halogens is 5. The van der Waals surface area contributed by atoms with Gasteiger partial charge in [0.1, 0.15) is 12.1 Å². The van der Waals surface area contributed by atoms with E-state index in [9.17, 15) is 68.6 Å². The summed E-state index contributed by atoms with van der Waals surface area (Å²) in [6.45, 7) is 8.09. The number of hydrogen-bond donors (Lipinski definition) is 3. The first kappa shape index (κ1) is 97.6. The van der Waals surface area contributed by atoms with Gasteiger partial charge in [0.2, 0.25) is 0 Å². The molecular formula is C61H58B3Br2ClF2K2N4NaO19S4. The smallest absolute Gasteiger partial charge is 1.00 e. The van der Waals surface area contributed by atoms with Crippen molar-refractivity contribution in [2.75, 3.05) is 14.3 Å². The van der Waals surface area contributed by atoms with Crippen LogP contribution < -0.4 is 149 Å². The molecule has 0 atom stereocenters. The number of fused-ring (bicyclic) bond motifs is 1. The Kier molecular flexibility index (Phi) is 51.0. The quantitative estimate of drug-likeness (QED) is 0.0321. The molecule has 38 heteroatoms. The standard InChI is InChI=1S/C19H20BNO5S.C13H10BNO4S.C13H8BrNO3S.C7H4BrFO.C6H5NO2S.CH3F.CH2O3.CH4O.B.ClH.2K.Na.2H/c1-18(2)19(3,4)26-20(25-18)17-11-16(8-5-13(17)12-22)27-15-9-6-14(7-10-15)21(23)24;16-14-13-7-12(4-1-9(13)8-19-14)20-11-5-2-10(3-6-11)15(17)18;14-13-7-12(4-1-9(13)8-16)19-11-5-2-10(3-6-11)15(17)18;8-7-3-6(9)2-1-5(7)4-10;8-7(9)5-1-3-6(10)4-2-5;1-2;2-1-4-3;1-2;;;;;;;/h5-12H,1-4H3;1-7,16H,8H2;1-8H;1-4H;1-4,10H;1H3;1,3H;2H,1H3;;1H;;;;;/q;;;;;;;;;;3*+1;2*-1/p-1/i;;;;;1D;;;;;;;;;. The summed E-state index contributed by atoms with van der Waals surface area (Å²) in [5, 5.41) is 67.1. The van der Waals surface area contributed by atoms with E-state index in [0.29, 0.717) is 39.5 Å². The largest absolute Gasteiger partial charge is 1.00 e. The minimum Gasteiger partial charge on any atom is -1.00 e. The number of aliphatic hydroxyl groups excluding tert-OH is 1. The number of aldehydes is 3. The van der Waals surface area contributed by atoms with Gasteiger partial charge >= 0.3 is 147 Å². The Hall–Kier alpha value is -3.42. The van der Waals surface area contributed by atoms with E-state index in [0.717, 1.165) is 69.4 Å². The molecule has 0 amide bonds. The van der Waals surface area contributed by atoms with Crippen LogP contribution in [0.4, 0.5) is 31.5 Å². The maximum Gasteiger partial charge on any atom is 1.00 e. The number of carbonyl (C=O) groups excluding carboxylic acids is 4. The zero-order valence-corrected chi connectivity index (χ0v) is 69.4. The van der Waals surface area contributed by atoms with Gasteiger partial charge in [0.05, 0.1) is 46.0 Å². The third-order valence-corrected chi connectivity index (χ3v) is 17.3. The molecular weight excluding hydrogens is 1590 g/mol. The molecule has 1 fully saturated rings. The Morgan fingerprint density at radius 2 is 0.879 bits per heavy atom. The van der Waals surface area contributed by atoms with Crippen LogP contribution in [0.1, 0.15) is 68.6 Å². The van der Waals surface area contributed by atoms with Crippen molar-refractivity contribution in [2.24, 2.45) is 0 Å². The van der Waals surface area contributed by atoms with Gasteiger partial charge in [-0.2, -0.15) is 0 Å². The van der Waals surface area contributed by atoms with E-state index in [1.54, 1.807) is 60.7 Å². The van der Waals surface area contributed by atoms with E-state index in [4.69, 9.17) is 30.5 Å². The van der Waals surface area contributed by atoms with Gasteiger partial charge in [0, 0.05) is 124 Å². The number of non-ortho nitro benzene ring substituents is 4. The fourth-order valence-electron chi connectivity index (χ4n) is 7.31. The average Bonchev–Trinajstić information content (AvgIpc) is 1.62. The number of nitro groups is 4. The molecule has 23 nitrogen and oxygen atoms in total. The molecule has 3 radical (unpaired) electrons. The zero-order chi connectivity index (χ0) is 71.0. The predicted octanol–water partition coefficient (Wildman–Crippen LogP) is 4.33. The molecule has 8 aromatic carbocycles. The van der Waals surface area contributed by atoms with Crippen LogP contribution in [0.15, 0.2) is 213 Å². The average molecular weight is 1650 g/mol. The number of rotatable bonds is 15. The fraction of sp³-hybridized carbons (Fsp3) is 0.148. The summed E-state index contributed by atoms with van der Waals surface area (Å²) in [6, 6.07) is 45.6. The Morgan fingerprint density at radius 1 is 0.576 bits per heavy atom. The van der Waals surface area contributed by atoms with E-state index >= 15 is 0 Å². The maximum absolute atomic E-state index is 12.3. The zero-order valence-electron chi connectivity index (χ0n) is 56.8. The Bertz CT molecular complexity index is 3920. The minimum atomic E-state index is -1.00. The molecule has 1 saturated heterocycles. The van der Waals surface area contributed by atoms with Gasteiger partial charge in [-0.3, -0.25) is 64.0 Å². The molecule has 0 aliphatic carbocycles. The number of thiol groups is 1. The molecule has 8 aromatic rings. The van der Waals surface area contributed by atoms with Crippen molar-refractivity contribution in [1.82, 2.24) is 0 Å². The summed E-state index contributed by atoms with van der Waals surface area (Å²) in [7, 11) is -1.49. The number of carbonyl (C=O) groups is 4. The number of benzene rings is 8. The normalized spacial score (nSPS) is 11.8. The van der Waals surface area contributed by atoms with Crippen LogP contribution in [0.25, 0.3) is 0 Å². The van der Waals surface area contributed by atoms with Gasteiger partial charge in [0.25, 0.3) is 29.2 Å². The Balaban J connectivity index is -0.000000380. The molecule has 10 rings (SSSR count). The molecule has 99 heavy (non-hydrogen) atoms. The van der Waals surface area contributed by atoms with Crippen molar-refractivity contribution in [3.8, 4) is 0 Å². The molecule has 0 unspecified atom stereocenters. The van der Waals surface area contributed by atoms with Crippen molar-refractivity contribution in [2.45, 2.75) is 79.8 Å². The van der Waals surface area contributed by atoms with Crippen LogP contribution >= 0.6 is 92.2 Å². The van der Waals surface area contributed by atoms with Crippen LogP contribution in [0, 0.1) is 46.3 Å². The second-order valence-corrected chi connectivity index (χ2v) is 24.8. The second-order valence-electron chi connectivity index (χ2n) is 19.1. The minimum absolute atomic E-state index is 0. The van der Waals surface area contributed by atoms with Gasteiger partial charge in [-0.1, -0.05) is 63.3 Å². The molecule has 0 spiro atoms. The monoisotopic (exact) mass is 1640 g/mol. The number of hydrogen-bond acceptors (Lipinski definition) is 23. The molecule has 2 N–H and O–H groups in total. The van der Waals surface area contributed by atoms with Crippen LogP contribution in [0.5, 0.6) is 0 Å². The van der Waals surface area contributed by atoms with E-state index in [1.807, 2.05) is 70.2 Å². The number of alkyl halides is 1. The van der Waals surface area contributed by atoms with E-state index < -0.39 is 52.3 Å². The molecule has 0 saturated carbocycles. The van der Waals surface area contributed by atoms with Crippen LogP contribution in [-0.2, 0) is 30.3 Å². The number of nitro benzene ring substituents is 4. The summed E-state index contributed by atoms with van der Waals surface area (Å²) in [5.41, 5.74) is 3.31.